The molecule has 1 fully saturated rings. The van der Waals surface area contributed by atoms with Crippen LogP contribution in [0.1, 0.15) is 18.1 Å². The van der Waals surface area contributed by atoms with E-state index < -0.39 is 4.75 Å². The molecule has 1 heterocycles. The summed E-state index contributed by atoms with van der Waals surface area (Å²) in [5.41, 5.74) is 2.44. The van der Waals surface area contributed by atoms with Gasteiger partial charge in [-0.3, -0.25) is 4.79 Å². The van der Waals surface area contributed by atoms with E-state index in [0.717, 1.165) is 11.1 Å². The van der Waals surface area contributed by atoms with Gasteiger partial charge in [-0.2, -0.15) is 0 Å². The molecular weight excluding hydrogens is 420 g/mol. The molecule has 1 aliphatic heterocycles. The lowest BCUT2D eigenvalue weighted by atomic mass is 9.94. The van der Waals surface area contributed by atoms with Crippen LogP contribution in [0.15, 0.2) is 84.9 Å². The Bertz CT molecular complexity index is 1090. The van der Waals surface area contributed by atoms with Crippen molar-refractivity contribution in [2.75, 3.05) is 19.1 Å². The molecular formula is C26H26N2O3S. The predicted molar refractivity (Wildman–Crippen MR) is 129 cm³/mol. The zero-order valence-electron chi connectivity index (χ0n) is 18.4. The van der Waals surface area contributed by atoms with Gasteiger partial charge in [0.2, 0.25) is 0 Å². The Morgan fingerprint density at radius 2 is 1.50 bits per heavy atom. The molecule has 0 unspecified atom stereocenters. The minimum atomic E-state index is -0.773. The van der Waals surface area contributed by atoms with Gasteiger partial charge in [0, 0.05) is 18.8 Å². The van der Waals surface area contributed by atoms with Gasteiger partial charge in [-0.1, -0.05) is 67.6 Å². The Labute approximate surface area is 193 Å². The van der Waals surface area contributed by atoms with E-state index in [9.17, 15) is 9.59 Å². The molecule has 4 rings (SSSR count). The van der Waals surface area contributed by atoms with Crippen LogP contribution in [0.5, 0.6) is 5.75 Å². The van der Waals surface area contributed by atoms with E-state index >= 15 is 0 Å². The summed E-state index contributed by atoms with van der Waals surface area (Å²) in [7, 11) is 3.31. The molecule has 3 amide bonds. The maximum atomic E-state index is 14.0. The molecule has 5 nitrogen and oxygen atoms in total. The van der Waals surface area contributed by atoms with Crippen LogP contribution in [0.3, 0.4) is 0 Å². The quantitative estimate of drug-likeness (QED) is 0.482. The highest BCUT2D eigenvalue weighted by atomic mass is 32.2. The van der Waals surface area contributed by atoms with Crippen molar-refractivity contribution >= 4 is 29.4 Å². The normalized spacial score (nSPS) is 19.2. The molecule has 0 aliphatic carbocycles. The van der Waals surface area contributed by atoms with Crippen LogP contribution in [0, 0.1) is 0 Å². The standard InChI is InChI=1S/C26H26N2O3S/c1-19-26(32-19,21-12-8-5-9-13-21)24(29)28(22-14-16-23(31-3)17-15-22)25(30)27(2)18-20-10-6-4-7-11-20/h4-17,19H,18H2,1-3H3/t19-,26+/m1/s1. The Morgan fingerprint density at radius 1 is 0.938 bits per heavy atom. The number of carbonyl (C=O) groups is 2. The lowest BCUT2D eigenvalue weighted by molar-refractivity contribution is -0.119. The summed E-state index contributed by atoms with van der Waals surface area (Å²) in [6.45, 7) is 2.43. The molecule has 0 radical (unpaired) electrons. The van der Waals surface area contributed by atoms with Gasteiger partial charge in [0.25, 0.3) is 5.91 Å². The van der Waals surface area contributed by atoms with Gasteiger partial charge in [-0.25, -0.2) is 9.69 Å². The first kappa shape index (κ1) is 22.0. The first-order chi connectivity index (χ1) is 15.5. The summed E-state index contributed by atoms with van der Waals surface area (Å²) in [4.78, 5) is 30.6. The van der Waals surface area contributed by atoms with Gasteiger partial charge in [0.1, 0.15) is 10.5 Å². The first-order valence-corrected chi connectivity index (χ1v) is 11.4. The van der Waals surface area contributed by atoms with E-state index in [2.05, 4.69) is 0 Å². The third kappa shape index (κ3) is 4.10. The second-order valence-corrected chi connectivity index (χ2v) is 9.41. The SMILES string of the molecule is COc1ccc(N(C(=O)N(C)Cc2ccccc2)C(=O)[C@]2(c3ccccc3)S[C@@H]2C)cc1. The molecule has 164 valence electrons. The second kappa shape index (κ2) is 9.09. The van der Waals surface area contributed by atoms with Crippen molar-refractivity contribution in [2.24, 2.45) is 0 Å². The third-order valence-electron chi connectivity index (χ3n) is 5.71. The highest BCUT2D eigenvalue weighted by molar-refractivity contribution is 8.09. The number of methoxy groups -OCH3 is 1. The fraction of sp³-hybridized carbons (Fsp3) is 0.231. The summed E-state index contributed by atoms with van der Waals surface area (Å²) in [5.74, 6) is 0.439. The zero-order chi connectivity index (χ0) is 22.7. The van der Waals surface area contributed by atoms with Gasteiger partial charge < -0.3 is 9.64 Å². The molecule has 3 aromatic carbocycles. The Balaban J connectivity index is 1.70. The molecule has 1 saturated heterocycles. The molecule has 1 aliphatic rings. The monoisotopic (exact) mass is 446 g/mol. The number of hydrogen-bond donors (Lipinski definition) is 0. The molecule has 32 heavy (non-hydrogen) atoms. The van der Waals surface area contributed by atoms with Crippen molar-refractivity contribution in [3.8, 4) is 5.75 Å². The van der Waals surface area contributed by atoms with E-state index in [1.807, 2.05) is 67.6 Å². The lowest BCUT2D eigenvalue weighted by Crippen LogP contribution is -2.49. The summed E-state index contributed by atoms with van der Waals surface area (Å²) in [5, 5.41) is 0.0744. The molecule has 0 bridgehead atoms. The van der Waals surface area contributed by atoms with Crippen LogP contribution in [-0.4, -0.2) is 36.2 Å². The van der Waals surface area contributed by atoms with Crippen LogP contribution in [0.25, 0.3) is 0 Å². The first-order valence-electron chi connectivity index (χ1n) is 10.5. The van der Waals surface area contributed by atoms with Crippen molar-refractivity contribution in [3.63, 3.8) is 0 Å². The smallest absolute Gasteiger partial charge is 0.331 e. The Morgan fingerprint density at radius 3 is 2.03 bits per heavy atom. The van der Waals surface area contributed by atoms with Crippen molar-refractivity contribution in [1.82, 2.24) is 4.90 Å². The fourth-order valence-corrected chi connectivity index (χ4v) is 5.08. The molecule has 3 aromatic rings. The fourth-order valence-electron chi connectivity index (χ4n) is 3.89. The van der Waals surface area contributed by atoms with Crippen molar-refractivity contribution in [2.45, 2.75) is 23.5 Å². The summed E-state index contributed by atoms with van der Waals surface area (Å²) < 4.78 is 4.49. The molecule has 6 heteroatoms. The average Bonchev–Trinajstić information content (AvgIpc) is 3.52. The number of benzene rings is 3. The highest BCUT2D eigenvalue weighted by Gasteiger charge is 2.62. The number of anilines is 1. The molecule has 0 spiro atoms. The average molecular weight is 447 g/mol. The Kier molecular flexibility index (Phi) is 6.24. The molecule has 0 saturated carbocycles. The highest BCUT2D eigenvalue weighted by Crippen LogP contribution is 2.62. The molecule has 0 N–H and O–H groups in total. The Hall–Kier alpha value is -3.25. The predicted octanol–water partition coefficient (Wildman–Crippen LogP) is 5.31. The van der Waals surface area contributed by atoms with Crippen LogP contribution in [-0.2, 0) is 16.1 Å². The summed E-state index contributed by atoms with van der Waals surface area (Å²) in [6.07, 6.45) is 0. The van der Waals surface area contributed by atoms with E-state index in [1.54, 1.807) is 55.1 Å². The zero-order valence-corrected chi connectivity index (χ0v) is 19.2. The lowest BCUT2D eigenvalue weighted by Gasteiger charge is -2.30. The van der Waals surface area contributed by atoms with E-state index in [-0.39, 0.29) is 17.2 Å². The van der Waals surface area contributed by atoms with Crippen molar-refractivity contribution in [1.29, 1.82) is 0 Å². The number of carbonyl (C=O) groups excluding carboxylic acids is 2. The van der Waals surface area contributed by atoms with Gasteiger partial charge in [0.05, 0.1) is 12.8 Å². The van der Waals surface area contributed by atoms with Crippen LogP contribution < -0.4 is 9.64 Å². The number of ether oxygens (including phenoxy) is 1. The largest absolute Gasteiger partial charge is 0.497 e. The maximum Gasteiger partial charge on any atom is 0.331 e. The van der Waals surface area contributed by atoms with Crippen molar-refractivity contribution in [3.05, 3.63) is 96.1 Å². The van der Waals surface area contributed by atoms with Crippen LogP contribution in [0.2, 0.25) is 0 Å². The number of imide groups is 1. The minimum Gasteiger partial charge on any atom is -0.497 e. The molecule has 0 aromatic heterocycles. The number of rotatable bonds is 6. The van der Waals surface area contributed by atoms with Gasteiger partial charge in [-0.15, -0.1) is 11.8 Å². The topological polar surface area (TPSA) is 49.9 Å². The van der Waals surface area contributed by atoms with Gasteiger partial charge in [-0.05, 0) is 35.4 Å². The van der Waals surface area contributed by atoms with E-state index in [0.29, 0.717) is 18.0 Å². The van der Waals surface area contributed by atoms with Gasteiger partial charge in [0.15, 0.2) is 0 Å². The van der Waals surface area contributed by atoms with Crippen LogP contribution >= 0.6 is 11.8 Å². The van der Waals surface area contributed by atoms with Crippen LogP contribution in [0.4, 0.5) is 10.5 Å². The van der Waals surface area contributed by atoms with E-state index in [4.69, 9.17) is 4.74 Å². The summed E-state index contributed by atoms with van der Waals surface area (Å²) in [6, 6.07) is 26.1. The number of urea groups is 1. The maximum absolute atomic E-state index is 14.0. The van der Waals surface area contributed by atoms with Gasteiger partial charge >= 0.3 is 6.03 Å². The third-order valence-corrected chi connectivity index (χ3v) is 7.30. The minimum absolute atomic E-state index is 0.0744. The number of hydrogen-bond acceptors (Lipinski definition) is 4. The molecule has 2 atom stereocenters. The van der Waals surface area contributed by atoms with Crippen molar-refractivity contribution < 1.29 is 14.3 Å². The number of amides is 3. The summed E-state index contributed by atoms with van der Waals surface area (Å²) >= 11 is 1.58. The number of thioether (sulfide) groups is 1. The van der Waals surface area contributed by atoms with E-state index in [1.165, 1.54) is 4.90 Å². The number of nitrogens with zero attached hydrogens (tertiary/aromatic N) is 2. The second-order valence-electron chi connectivity index (χ2n) is 7.82.